The van der Waals surface area contributed by atoms with E-state index in [2.05, 4.69) is 21.6 Å². The normalized spacial score (nSPS) is 19.8. The minimum Gasteiger partial charge on any atom is -0.504 e. The van der Waals surface area contributed by atoms with Crippen LogP contribution in [0.3, 0.4) is 0 Å². The van der Waals surface area contributed by atoms with Crippen LogP contribution in [0, 0.1) is 5.39 Å². The number of carbonyl (C=O) groups excluding carboxylic acids is 4. The van der Waals surface area contributed by atoms with Crippen LogP contribution in [-0.4, -0.2) is 78.5 Å². The Morgan fingerprint density at radius 2 is 1.93 bits per heavy atom. The number of hydrogen-bond donors (Lipinski definition) is 3. The SMILES string of the molecule is C=CCOC(=O)CC[C@H](NC(=O)[C@@H]1CCCN2C(=O)CC[C@H](NS(=O)(=O)c3ccc4ccccc4c3)C(=O)N12)/C(O)=C/[N+]#N. The van der Waals surface area contributed by atoms with Crippen molar-refractivity contribution >= 4 is 44.5 Å². The maximum atomic E-state index is 13.8. The van der Waals surface area contributed by atoms with Gasteiger partial charge in [-0.3, -0.25) is 24.2 Å². The lowest BCUT2D eigenvalue weighted by Crippen LogP contribution is -2.64. The lowest BCUT2D eigenvalue weighted by Gasteiger charge is -2.43. The molecule has 232 valence electrons. The van der Waals surface area contributed by atoms with Crippen molar-refractivity contribution in [1.29, 1.82) is 5.39 Å². The Hall–Kier alpha value is -4.81. The molecule has 0 aromatic heterocycles. The van der Waals surface area contributed by atoms with Gasteiger partial charge in [-0.25, -0.2) is 13.4 Å². The number of esters is 1. The number of rotatable bonds is 11. The highest BCUT2D eigenvalue weighted by atomic mass is 32.2. The average molecular weight is 626 g/mol. The Labute approximate surface area is 254 Å². The maximum Gasteiger partial charge on any atom is 0.389 e. The van der Waals surface area contributed by atoms with Gasteiger partial charge < -0.3 is 15.2 Å². The van der Waals surface area contributed by atoms with E-state index in [1.807, 2.05) is 12.1 Å². The predicted molar refractivity (Wildman–Crippen MR) is 157 cm³/mol. The third kappa shape index (κ3) is 7.39. The number of aliphatic hydroxyl groups excluding tert-OH is 1. The Morgan fingerprint density at radius 1 is 1.18 bits per heavy atom. The molecule has 2 aliphatic heterocycles. The van der Waals surface area contributed by atoms with E-state index in [0.29, 0.717) is 18.0 Å². The molecule has 2 aliphatic rings. The number of nitrogens with zero attached hydrogens (tertiary/aromatic N) is 4. The fraction of sp³-hybridized carbons (Fsp3) is 0.379. The number of amides is 3. The Bertz CT molecular complexity index is 1640. The molecule has 2 heterocycles. The van der Waals surface area contributed by atoms with Gasteiger partial charge in [0.25, 0.3) is 5.91 Å². The lowest BCUT2D eigenvalue weighted by atomic mass is 10.0. The van der Waals surface area contributed by atoms with Crippen molar-refractivity contribution in [3.05, 3.63) is 72.1 Å². The summed E-state index contributed by atoms with van der Waals surface area (Å²) in [6, 6.07) is 7.98. The van der Waals surface area contributed by atoms with Gasteiger partial charge in [0.05, 0.1) is 10.9 Å². The van der Waals surface area contributed by atoms with Crippen molar-refractivity contribution in [2.24, 2.45) is 0 Å². The number of aliphatic hydroxyl groups is 1. The fourth-order valence-corrected chi connectivity index (χ4v) is 6.43. The molecule has 4 rings (SSSR count). The number of fused-ring (bicyclic) bond motifs is 2. The van der Waals surface area contributed by atoms with E-state index in [-0.39, 0.29) is 50.2 Å². The highest BCUT2D eigenvalue weighted by molar-refractivity contribution is 7.89. The van der Waals surface area contributed by atoms with E-state index in [4.69, 9.17) is 10.1 Å². The third-order valence-corrected chi connectivity index (χ3v) is 8.82. The van der Waals surface area contributed by atoms with Gasteiger partial charge in [-0.05, 0) is 48.6 Å². The van der Waals surface area contributed by atoms with Crippen LogP contribution in [0.4, 0.5) is 0 Å². The van der Waals surface area contributed by atoms with Crippen LogP contribution in [-0.2, 0) is 33.9 Å². The van der Waals surface area contributed by atoms with Crippen molar-refractivity contribution in [3.8, 4) is 0 Å². The van der Waals surface area contributed by atoms with E-state index in [0.717, 1.165) is 15.4 Å². The number of hydrazine groups is 1. The summed E-state index contributed by atoms with van der Waals surface area (Å²) in [5.74, 6) is -3.20. The molecule has 0 saturated carbocycles. The van der Waals surface area contributed by atoms with Crippen LogP contribution >= 0.6 is 0 Å². The van der Waals surface area contributed by atoms with Crippen molar-refractivity contribution in [1.82, 2.24) is 20.1 Å². The summed E-state index contributed by atoms with van der Waals surface area (Å²) in [6.07, 6.45) is 1.94. The van der Waals surface area contributed by atoms with Crippen LogP contribution in [0.5, 0.6) is 0 Å². The molecule has 3 amide bonds. The zero-order chi connectivity index (χ0) is 31.9. The van der Waals surface area contributed by atoms with Crippen LogP contribution in [0.15, 0.2) is 72.0 Å². The molecule has 3 N–H and O–H groups in total. The maximum absolute atomic E-state index is 13.8. The average Bonchev–Trinajstić information content (AvgIpc) is 3.13. The number of sulfonamides is 1. The highest BCUT2D eigenvalue weighted by Gasteiger charge is 2.45. The first-order valence-corrected chi connectivity index (χ1v) is 15.5. The molecule has 0 unspecified atom stereocenters. The van der Waals surface area contributed by atoms with Crippen LogP contribution in [0.2, 0.25) is 0 Å². The summed E-state index contributed by atoms with van der Waals surface area (Å²) in [7, 11) is -4.20. The minimum atomic E-state index is -4.20. The molecule has 14 nitrogen and oxygen atoms in total. The molecule has 15 heteroatoms. The molecular formula is C29H33N6O8S+. The first-order valence-electron chi connectivity index (χ1n) is 14.0. The second kappa shape index (κ2) is 14.1. The lowest BCUT2D eigenvalue weighted by molar-refractivity contribution is -0.176. The number of ether oxygens (including phenoxy) is 1. The van der Waals surface area contributed by atoms with Crippen LogP contribution in [0.25, 0.3) is 15.7 Å². The summed E-state index contributed by atoms with van der Waals surface area (Å²) in [5.41, 5.74) is 0. The molecule has 2 fully saturated rings. The Morgan fingerprint density at radius 3 is 2.66 bits per heavy atom. The summed E-state index contributed by atoms with van der Waals surface area (Å²) >= 11 is 0. The molecule has 2 aromatic carbocycles. The predicted octanol–water partition coefficient (Wildman–Crippen LogP) is 2.26. The van der Waals surface area contributed by atoms with Crippen molar-refractivity contribution in [2.75, 3.05) is 13.2 Å². The summed E-state index contributed by atoms with van der Waals surface area (Å²) in [6.45, 7) is 3.57. The molecule has 3 atom stereocenters. The van der Waals surface area contributed by atoms with Crippen molar-refractivity contribution < 1.29 is 37.4 Å². The van der Waals surface area contributed by atoms with Crippen LogP contribution < -0.4 is 10.0 Å². The third-order valence-electron chi connectivity index (χ3n) is 7.36. The zero-order valence-corrected chi connectivity index (χ0v) is 24.6. The summed E-state index contributed by atoms with van der Waals surface area (Å²) in [4.78, 5) is 55.1. The molecule has 2 saturated heterocycles. The topological polar surface area (TPSA) is 191 Å². The van der Waals surface area contributed by atoms with Gasteiger partial charge in [0.2, 0.25) is 33.0 Å². The highest BCUT2D eigenvalue weighted by Crippen LogP contribution is 2.27. The smallest absolute Gasteiger partial charge is 0.389 e. The van der Waals surface area contributed by atoms with Gasteiger partial charge in [-0.1, -0.05) is 43.0 Å². The minimum absolute atomic E-state index is 0.0293. The fourth-order valence-electron chi connectivity index (χ4n) is 5.17. The van der Waals surface area contributed by atoms with Gasteiger partial charge in [-0.15, -0.1) is 0 Å². The van der Waals surface area contributed by atoms with E-state index in [1.165, 1.54) is 18.2 Å². The van der Waals surface area contributed by atoms with Crippen molar-refractivity contribution in [2.45, 2.75) is 61.5 Å². The molecule has 0 spiro atoms. The molecule has 0 bridgehead atoms. The number of hydrogen-bond acceptors (Lipinski definition) is 9. The first-order chi connectivity index (χ1) is 21.1. The van der Waals surface area contributed by atoms with E-state index >= 15 is 0 Å². The van der Waals surface area contributed by atoms with Gasteiger partial charge in [-0.2, -0.15) is 4.72 Å². The van der Waals surface area contributed by atoms with Gasteiger partial charge in [0.15, 0.2) is 4.98 Å². The second-order valence-corrected chi connectivity index (χ2v) is 12.0. The monoisotopic (exact) mass is 625 g/mol. The van der Waals surface area contributed by atoms with Crippen LogP contribution in [0.1, 0.15) is 38.5 Å². The molecule has 44 heavy (non-hydrogen) atoms. The van der Waals surface area contributed by atoms with Crippen molar-refractivity contribution in [3.63, 3.8) is 0 Å². The number of diazo groups is 1. The Kier molecular flexibility index (Phi) is 10.3. The molecule has 0 aliphatic carbocycles. The summed E-state index contributed by atoms with van der Waals surface area (Å²) in [5, 5.41) is 25.5. The number of nitrogens with one attached hydrogen (secondary N) is 2. The summed E-state index contributed by atoms with van der Waals surface area (Å²) < 4.78 is 34.1. The van der Waals surface area contributed by atoms with E-state index < -0.39 is 57.6 Å². The van der Waals surface area contributed by atoms with Gasteiger partial charge in [0, 0.05) is 19.4 Å². The standard InChI is InChI=1S/C29H32N6O8S/c1-2-16-43-27(38)14-12-22(25(36)18-31-30)32-28(39)24-8-5-15-34-26(37)13-11-23(29(40)35(24)34)33-44(41,42)21-10-9-19-6-3-4-7-20(19)17-21/h2-4,6-7,9-10,17-18,22-24,33H,1,5,8,11-16H2,(H-,32,36,39)/p+1/b25-18-/t22-,23-,24-/m0/s1. The molecule has 2 aromatic rings. The van der Waals surface area contributed by atoms with Gasteiger partial charge >= 0.3 is 12.2 Å². The number of benzene rings is 2. The zero-order valence-electron chi connectivity index (χ0n) is 23.8. The van der Waals surface area contributed by atoms with E-state index in [1.54, 1.807) is 18.2 Å². The second-order valence-electron chi connectivity index (χ2n) is 10.3. The first kappa shape index (κ1) is 32.1. The Balaban J connectivity index is 1.55. The number of carbonyl (C=O) groups is 4. The molecular weight excluding hydrogens is 592 g/mol. The van der Waals surface area contributed by atoms with Gasteiger partial charge in [0.1, 0.15) is 18.7 Å². The molecule has 0 radical (unpaired) electrons. The van der Waals surface area contributed by atoms with E-state index in [9.17, 15) is 32.7 Å². The largest absolute Gasteiger partial charge is 0.504 e. The quantitative estimate of drug-likeness (QED) is 0.145.